The van der Waals surface area contributed by atoms with Crippen LogP contribution in [0.15, 0.2) is 0 Å². The minimum Gasteiger partial charge on any atom is -0.870 e. The van der Waals surface area contributed by atoms with Crippen LogP contribution in [0.4, 0.5) is 0 Å². The second-order valence-electron chi connectivity index (χ2n) is 0. The van der Waals surface area contributed by atoms with Crippen molar-refractivity contribution in [1.29, 1.82) is 0 Å². The summed E-state index contributed by atoms with van der Waals surface area (Å²) >= 11 is 0. The van der Waals surface area contributed by atoms with E-state index < -0.39 is 0 Å². The second kappa shape index (κ2) is 60.8. The molecule has 0 aromatic rings. The van der Waals surface area contributed by atoms with Crippen molar-refractivity contribution in [2.24, 2.45) is 0 Å². The zero-order valence-electron chi connectivity index (χ0n) is 4.92. The van der Waals surface area contributed by atoms with Gasteiger partial charge in [-0.05, 0) is 0 Å². The first-order valence-electron chi connectivity index (χ1n) is 0. The summed E-state index contributed by atoms with van der Waals surface area (Å²) < 4.78 is 0. The first-order valence-corrected chi connectivity index (χ1v) is 0. The Kier molecular flexibility index (Phi) is 737. The summed E-state index contributed by atoms with van der Waals surface area (Å²) in [5.74, 6) is 0. The Morgan fingerprint density at radius 3 is 0.714 bits per heavy atom. The molecule has 27 valence electrons. The Morgan fingerprint density at radius 1 is 0.714 bits per heavy atom. The fraction of sp³-hybridized carbons (Fsp3) is 0. The van der Waals surface area contributed by atoms with Crippen LogP contribution in [-0.2, 0) is 0 Å². The van der Waals surface area contributed by atoms with Crippen LogP contribution in [-0.4, -0.2) is 24.8 Å². The average Bonchev–Trinajstić information content (AvgIpc) is 0. The maximum atomic E-state index is 0. The summed E-state index contributed by atoms with van der Waals surface area (Å²) in [7, 11) is 0. The van der Waals surface area contributed by atoms with Crippen molar-refractivity contribution >= 4 is 8.41 Å². The Balaban J connectivity index is 0. The van der Waals surface area contributed by atoms with Gasteiger partial charge in [-0.15, -0.1) is 0 Å². The number of rotatable bonds is 0. The van der Waals surface area contributed by atoms with Crippen molar-refractivity contribution in [1.82, 2.24) is 0 Å². The predicted molar refractivity (Wildman–Crippen MR) is 11.6 cm³/mol. The Morgan fingerprint density at radius 2 is 0.714 bits per heavy atom. The molecule has 0 rings (SSSR count). The van der Waals surface area contributed by atoms with Crippen LogP contribution in [0.2, 0.25) is 0 Å². The van der Waals surface area contributed by atoms with Gasteiger partial charge in [-0.2, -0.15) is 0 Å². The van der Waals surface area contributed by atoms with Crippen molar-refractivity contribution in [3.63, 3.8) is 0 Å². The first kappa shape index (κ1) is 84.9. The molecular weight excluding hydrogens is 128 g/mol. The largest absolute Gasteiger partial charge is 1.00 e. The molecule has 0 saturated heterocycles. The summed E-state index contributed by atoms with van der Waals surface area (Å²) in [6, 6.07) is 0. The third-order valence-electron chi connectivity index (χ3n) is 0. The van der Waals surface area contributed by atoms with Gasteiger partial charge < -0.3 is 16.4 Å². The van der Waals surface area contributed by atoms with Crippen molar-refractivity contribution in [2.45, 2.75) is 0 Å². The molecule has 0 amide bonds. The molecule has 0 atom stereocenters. The summed E-state index contributed by atoms with van der Waals surface area (Å²) in [4.78, 5) is 0. The van der Waals surface area contributed by atoms with E-state index >= 15 is 0 Å². The molecule has 3 radical (unpaired) electrons. The molecule has 3 N–H and O–H groups in total. The number of hydrogen-bond acceptors (Lipinski definition) is 3. The van der Waals surface area contributed by atoms with Crippen molar-refractivity contribution < 1.29 is 116 Å². The fourth-order valence-electron chi connectivity index (χ4n) is 0. The summed E-state index contributed by atoms with van der Waals surface area (Å²) in [6.07, 6.45) is 0. The molecule has 0 heterocycles. The van der Waals surface area contributed by atoms with Gasteiger partial charge in [0.15, 0.2) is 0 Å². The van der Waals surface area contributed by atoms with Gasteiger partial charge in [-0.1, -0.05) is 0 Å². The molecule has 7 heteroatoms. The van der Waals surface area contributed by atoms with Crippen LogP contribution < -0.4 is 99.8 Å². The molecule has 0 unspecified atom stereocenters. The van der Waals surface area contributed by atoms with Gasteiger partial charge in [0.05, 0.1) is 0 Å². The SMILES string of the molecule is [B].[K+].[Li+].[Na+].[OH-].[OH-].[OH-]. The molecule has 0 saturated carbocycles. The zero-order chi connectivity index (χ0) is 0. The van der Waals surface area contributed by atoms with E-state index in [9.17, 15) is 0 Å². The average molecular weight is 131 g/mol. The predicted octanol–water partition coefficient (Wildman–Crippen LogP) is -9.90. The summed E-state index contributed by atoms with van der Waals surface area (Å²) in [6.45, 7) is 0. The molecule has 0 spiro atoms. The normalized spacial score (nSPS) is 0. The Hall–Kier alpha value is 3.18. The van der Waals surface area contributed by atoms with Gasteiger partial charge in [0, 0.05) is 8.41 Å². The van der Waals surface area contributed by atoms with Crippen molar-refractivity contribution in [3.8, 4) is 0 Å². The van der Waals surface area contributed by atoms with E-state index in [1.807, 2.05) is 0 Å². The van der Waals surface area contributed by atoms with E-state index in [4.69, 9.17) is 0 Å². The van der Waals surface area contributed by atoms with Crippen molar-refractivity contribution in [2.75, 3.05) is 0 Å². The molecule has 0 bridgehead atoms. The quantitative estimate of drug-likeness (QED) is 0.305. The third kappa shape index (κ3) is 46.8. The van der Waals surface area contributed by atoms with Crippen molar-refractivity contribution in [3.05, 3.63) is 0 Å². The molecule has 7 heavy (non-hydrogen) atoms. The molecule has 0 aromatic heterocycles. The summed E-state index contributed by atoms with van der Waals surface area (Å²) in [5.41, 5.74) is 0. The Labute approximate surface area is 122 Å². The smallest absolute Gasteiger partial charge is 0.870 e. The van der Waals surface area contributed by atoms with E-state index in [2.05, 4.69) is 0 Å². The van der Waals surface area contributed by atoms with E-state index in [0.717, 1.165) is 0 Å². The van der Waals surface area contributed by atoms with E-state index in [1.54, 1.807) is 0 Å². The van der Waals surface area contributed by atoms with Gasteiger partial charge in [0.25, 0.3) is 0 Å². The van der Waals surface area contributed by atoms with Gasteiger partial charge in [-0.3, -0.25) is 0 Å². The van der Waals surface area contributed by atoms with Crippen LogP contribution in [0.3, 0.4) is 0 Å². The van der Waals surface area contributed by atoms with Gasteiger partial charge in [-0.25, -0.2) is 0 Å². The molecule has 0 aromatic carbocycles. The molecule has 0 aliphatic heterocycles. The zero-order valence-corrected chi connectivity index (χ0v) is 10.0. The van der Waals surface area contributed by atoms with Gasteiger partial charge in [0.2, 0.25) is 0 Å². The van der Waals surface area contributed by atoms with Crippen LogP contribution in [0, 0.1) is 0 Å². The van der Waals surface area contributed by atoms with E-state index in [-0.39, 0.29) is 125 Å². The van der Waals surface area contributed by atoms with Crippen LogP contribution in [0.5, 0.6) is 0 Å². The van der Waals surface area contributed by atoms with Gasteiger partial charge in [0.1, 0.15) is 0 Å². The minimum absolute atomic E-state index is 0. The van der Waals surface area contributed by atoms with Crippen LogP contribution in [0.1, 0.15) is 0 Å². The monoisotopic (exact) mass is 131 g/mol. The van der Waals surface area contributed by atoms with Gasteiger partial charge >= 0.3 is 99.8 Å². The third-order valence-corrected chi connectivity index (χ3v) is 0. The first-order chi connectivity index (χ1) is 0. The molecule has 3 nitrogen and oxygen atoms in total. The second-order valence-corrected chi connectivity index (χ2v) is 0. The van der Waals surface area contributed by atoms with E-state index in [0.29, 0.717) is 0 Å². The molecule has 0 fully saturated rings. The molecule has 0 aliphatic carbocycles. The number of hydrogen-bond donors (Lipinski definition) is 0. The standard InChI is InChI=1S/B.K.Li.Na.3H2O/h;;;;3*1H2/q;3*+1;;;/p-3. The minimum atomic E-state index is 0. The molecule has 0 aliphatic rings. The maximum Gasteiger partial charge on any atom is 1.00 e. The van der Waals surface area contributed by atoms with E-state index in [1.165, 1.54) is 0 Å². The van der Waals surface area contributed by atoms with Crippen LogP contribution >= 0.6 is 0 Å². The Bertz CT molecular complexity index is 14.9. The fourth-order valence-corrected chi connectivity index (χ4v) is 0. The van der Waals surface area contributed by atoms with Crippen LogP contribution in [0.25, 0.3) is 0 Å². The summed E-state index contributed by atoms with van der Waals surface area (Å²) in [5, 5.41) is 0. The topological polar surface area (TPSA) is 90.0 Å². The molecular formula is H3BKLiNaO3. The maximum absolute atomic E-state index is 0.